The molecule has 3 N–H and O–H groups in total. The summed E-state index contributed by atoms with van der Waals surface area (Å²) in [5, 5.41) is 10.3. The van der Waals surface area contributed by atoms with Crippen LogP contribution < -0.4 is 31.1 Å². The van der Waals surface area contributed by atoms with Gasteiger partial charge in [0.05, 0.1) is 18.1 Å². The van der Waals surface area contributed by atoms with E-state index in [4.69, 9.17) is 16.3 Å². The number of nitrogens with zero attached hydrogens (tertiary/aromatic N) is 5. The highest BCUT2D eigenvalue weighted by Gasteiger charge is 2.37. The lowest BCUT2D eigenvalue weighted by Crippen LogP contribution is -2.67. The van der Waals surface area contributed by atoms with Crippen LogP contribution in [0.3, 0.4) is 0 Å². The second kappa shape index (κ2) is 9.31. The zero-order valence-corrected chi connectivity index (χ0v) is 20.5. The topological polar surface area (TPSA) is 126 Å². The number of likely N-dealkylation sites (N-methyl/N-ethyl adjacent to an activating group) is 1. The van der Waals surface area contributed by atoms with Gasteiger partial charge in [-0.05, 0) is 32.4 Å². The number of carbonyl (C=O) groups is 1. The minimum Gasteiger partial charge on any atom is -0.478 e. The maximum absolute atomic E-state index is 13.0. The van der Waals surface area contributed by atoms with E-state index in [1.165, 1.54) is 13.5 Å². The average Bonchev–Trinajstić information content (AvgIpc) is 2.83. The molecule has 2 bridgehead atoms. The number of piperazine rings is 1. The molecule has 12 heteroatoms. The van der Waals surface area contributed by atoms with Crippen LogP contribution in [0, 0.1) is 0 Å². The molecule has 35 heavy (non-hydrogen) atoms. The predicted octanol–water partition coefficient (Wildman–Crippen LogP) is 1.84. The summed E-state index contributed by atoms with van der Waals surface area (Å²) in [7, 11) is 1.51. The smallest absolute Gasteiger partial charge is 0.294 e. The molecular weight excluding hydrogens is 472 g/mol. The third-order valence-electron chi connectivity index (χ3n) is 6.19. The Bertz CT molecular complexity index is 1330. The Morgan fingerprint density at radius 2 is 2.00 bits per heavy atom. The largest absolute Gasteiger partial charge is 0.478 e. The number of fused-ring (bicyclic) bond motifs is 3. The molecule has 3 fully saturated rings. The van der Waals surface area contributed by atoms with E-state index in [9.17, 15) is 9.59 Å². The van der Waals surface area contributed by atoms with Gasteiger partial charge >= 0.3 is 0 Å². The summed E-state index contributed by atoms with van der Waals surface area (Å²) in [6, 6.07) is 4.23. The van der Waals surface area contributed by atoms with Crippen molar-refractivity contribution in [2.45, 2.75) is 38.4 Å². The van der Waals surface area contributed by atoms with Crippen LogP contribution in [0.2, 0.25) is 5.02 Å². The quantitative estimate of drug-likeness (QED) is 0.447. The molecule has 2 unspecified atom stereocenters. The number of ether oxygens (including phenoxy) is 1. The number of piperidine rings is 1. The Kier molecular flexibility index (Phi) is 6.20. The van der Waals surface area contributed by atoms with Crippen molar-refractivity contribution in [3.8, 4) is 5.75 Å². The van der Waals surface area contributed by atoms with Gasteiger partial charge in [0.25, 0.3) is 11.5 Å². The summed E-state index contributed by atoms with van der Waals surface area (Å²) < 4.78 is 7.06. The van der Waals surface area contributed by atoms with Crippen molar-refractivity contribution in [3.63, 3.8) is 0 Å². The Morgan fingerprint density at radius 1 is 1.26 bits per heavy atom. The van der Waals surface area contributed by atoms with Crippen LogP contribution in [0.4, 0.5) is 17.5 Å². The first-order valence-corrected chi connectivity index (χ1v) is 11.9. The molecule has 0 aromatic carbocycles. The summed E-state index contributed by atoms with van der Waals surface area (Å²) in [6.07, 6.45) is 4.41. The SMILES string of the molecule is CNC(=O)COc1cc2cc(Nc3nc(N4CC5CC(C4)N5)ncc3Cl)cnc2n(C(C)C)c1=O. The molecule has 3 aromatic heterocycles. The summed E-state index contributed by atoms with van der Waals surface area (Å²) >= 11 is 6.40. The molecule has 2 atom stereocenters. The van der Waals surface area contributed by atoms with E-state index in [1.807, 2.05) is 19.9 Å². The van der Waals surface area contributed by atoms with E-state index >= 15 is 0 Å². The number of halogens is 1. The number of anilines is 3. The molecule has 184 valence electrons. The molecule has 3 aromatic rings. The maximum Gasteiger partial charge on any atom is 0.294 e. The number of nitrogens with one attached hydrogen (secondary N) is 3. The van der Waals surface area contributed by atoms with Crippen molar-refractivity contribution in [2.24, 2.45) is 0 Å². The lowest BCUT2D eigenvalue weighted by atomic mass is 9.92. The second-order valence-electron chi connectivity index (χ2n) is 9.07. The van der Waals surface area contributed by atoms with Crippen molar-refractivity contribution >= 4 is 46.0 Å². The number of amides is 1. The van der Waals surface area contributed by atoms with Gasteiger partial charge in [0.15, 0.2) is 18.2 Å². The summed E-state index contributed by atoms with van der Waals surface area (Å²) in [6.45, 7) is 5.24. The number of rotatable bonds is 7. The Morgan fingerprint density at radius 3 is 2.69 bits per heavy atom. The van der Waals surface area contributed by atoms with Gasteiger partial charge in [-0.2, -0.15) is 4.98 Å². The van der Waals surface area contributed by atoms with Gasteiger partial charge in [-0.3, -0.25) is 14.2 Å². The zero-order valence-electron chi connectivity index (χ0n) is 19.7. The Hall–Kier alpha value is -3.44. The van der Waals surface area contributed by atoms with E-state index < -0.39 is 0 Å². The van der Waals surface area contributed by atoms with Gasteiger partial charge in [0, 0.05) is 43.6 Å². The van der Waals surface area contributed by atoms with Crippen molar-refractivity contribution in [1.29, 1.82) is 0 Å². The fraction of sp³-hybridized carbons (Fsp3) is 0.435. The van der Waals surface area contributed by atoms with E-state index in [2.05, 4.69) is 35.8 Å². The van der Waals surface area contributed by atoms with Gasteiger partial charge in [-0.15, -0.1) is 0 Å². The molecule has 0 spiro atoms. The van der Waals surface area contributed by atoms with Crippen LogP contribution >= 0.6 is 11.6 Å². The lowest BCUT2D eigenvalue weighted by molar-refractivity contribution is -0.122. The molecule has 6 rings (SSSR count). The van der Waals surface area contributed by atoms with Crippen LogP contribution in [0.25, 0.3) is 11.0 Å². The zero-order chi connectivity index (χ0) is 24.7. The van der Waals surface area contributed by atoms with Crippen LogP contribution in [-0.2, 0) is 4.79 Å². The summed E-state index contributed by atoms with van der Waals surface area (Å²) in [5.41, 5.74) is 0.804. The molecule has 0 aliphatic carbocycles. The van der Waals surface area contributed by atoms with Crippen LogP contribution in [0.15, 0.2) is 29.3 Å². The predicted molar refractivity (Wildman–Crippen MR) is 134 cm³/mol. The molecule has 0 radical (unpaired) electrons. The molecular formula is C23H27ClN8O3. The number of hydrogen-bond acceptors (Lipinski definition) is 9. The maximum atomic E-state index is 13.0. The van der Waals surface area contributed by atoms with Gasteiger partial charge in [0.2, 0.25) is 5.95 Å². The number of aromatic nitrogens is 4. The van der Waals surface area contributed by atoms with Crippen molar-refractivity contribution in [1.82, 2.24) is 30.2 Å². The van der Waals surface area contributed by atoms with Crippen molar-refractivity contribution in [2.75, 3.05) is 37.0 Å². The van der Waals surface area contributed by atoms with Crippen LogP contribution in [0.5, 0.6) is 5.75 Å². The minimum absolute atomic E-state index is 0.0772. The highest BCUT2D eigenvalue weighted by Crippen LogP contribution is 2.29. The van der Waals surface area contributed by atoms with Gasteiger partial charge in [0.1, 0.15) is 10.7 Å². The number of pyridine rings is 2. The highest BCUT2D eigenvalue weighted by atomic mass is 35.5. The van der Waals surface area contributed by atoms with Crippen molar-refractivity contribution < 1.29 is 9.53 Å². The number of hydrogen-bond donors (Lipinski definition) is 3. The minimum atomic E-state index is -0.345. The van der Waals surface area contributed by atoms with Crippen LogP contribution in [-0.4, -0.2) is 64.3 Å². The average molecular weight is 499 g/mol. The molecule has 3 aliphatic rings. The Labute approximate surface area is 206 Å². The van der Waals surface area contributed by atoms with Gasteiger partial charge in [-0.1, -0.05) is 11.6 Å². The van der Waals surface area contributed by atoms with Crippen LogP contribution in [0.1, 0.15) is 26.3 Å². The first kappa shape index (κ1) is 23.3. The third-order valence-corrected chi connectivity index (χ3v) is 6.47. The fourth-order valence-corrected chi connectivity index (χ4v) is 4.62. The standard InChI is InChI=1S/C23H27ClN8O3/c1-12(2)32-21-13(5-18(22(32)34)35-11-19(33)25-3)4-14(7-26-21)29-20-17(24)8-27-23(30-20)31-9-15-6-16(10-31)28-15/h4-5,7-8,12,15-16,28H,6,9-11H2,1-3H3,(H,25,33)(H,27,29,30). The Balaban J connectivity index is 1.46. The third kappa shape index (κ3) is 4.61. The number of carbonyl (C=O) groups excluding carboxylic acids is 1. The second-order valence-corrected chi connectivity index (χ2v) is 9.48. The first-order valence-electron chi connectivity index (χ1n) is 11.5. The highest BCUT2D eigenvalue weighted by molar-refractivity contribution is 6.32. The summed E-state index contributed by atoms with van der Waals surface area (Å²) in [5.74, 6) is 0.845. The molecule has 3 saturated heterocycles. The summed E-state index contributed by atoms with van der Waals surface area (Å²) in [4.78, 5) is 40.4. The molecule has 6 heterocycles. The van der Waals surface area contributed by atoms with Gasteiger partial charge in [-0.25, -0.2) is 9.97 Å². The van der Waals surface area contributed by atoms with E-state index in [1.54, 1.807) is 23.0 Å². The van der Waals surface area contributed by atoms with Crippen molar-refractivity contribution in [3.05, 3.63) is 39.9 Å². The lowest BCUT2D eigenvalue weighted by Gasteiger charge is -2.48. The first-order chi connectivity index (χ1) is 16.8. The fourth-order valence-electron chi connectivity index (χ4n) is 4.48. The molecule has 1 amide bonds. The molecule has 3 aliphatic heterocycles. The van der Waals surface area contributed by atoms with E-state index in [0.29, 0.717) is 45.6 Å². The van der Waals surface area contributed by atoms with Gasteiger partial charge < -0.3 is 25.6 Å². The van der Waals surface area contributed by atoms with E-state index in [0.717, 1.165) is 13.1 Å². The monoisotopic (exact) mass is 498 g/mol. The van der Waals surface area contributed by atoms with E-state index in [-0.39, 0.29) is 29.9 Å². The molecule has 0 saturated carbocycles. The normalized spacial score (nSPS) is 18.9. The molecule has 11 nitrogen and oxygen atoms in total.